The monoisotopic (exact) mass is 350 g/mol. The zero-order valence-electron chi connectivity index (χ0n) is 14.0. The van der Waals surface area contributed by atoms with E-state index >= 15 is 0 Å². The largest absolute Gasteiger partial charge is 0.322 e. The van der Waals surface area contributed by atoms with Gasteiger partial charge in [-0.15, -0.1) is 11.3 Å². The van der Waals surface area contributed by atoms with Gasteiger partial charge >= 0.3 is 0 Å². The molecule has 0 aliphatic carbocycles. The Balaban J connectivity index is 1.68. The topological polar surface area (TPSA) is 58.2 Å². The van der Waals surface area contributed by atoms with Crippen molar-refractivity contribution in [2.24, 2.45) is 0 Å². The summed E-state index contributed by atoms with van der Waals surface area (Å²) in [7, 11) is 0. The van der Waals surface area contributed by atoms with Crippen LogP contribution in [0.5, 0.6) is 0 Å². The molecule has 0 saturated heterocycles. The molecule has 1 aromatic heterocycles. The fourth-order valence-electron chi connectivity index (χ4n) is 2.37. The molecular weight excluding hydrogens is 332 g/mol. The van der Waals surface area contributed by atoms with Crippen molar-refractivity contribution in [3.8, 4) is 0 Å². The summed E-state index contributed by atoms with van der Waals surface area (Å²) in [6.45, 7) is 3.94. The number of thiophene rings is 1. The Morgan fingerprint density at radius 3 is 2.32 bits per heavy atom. The number of carbonyl (C=O) groups is 2. The summed E-state index contributed by atoms with van der Waals surface area (Å²) in [6, 6.07) is 16.4. The van der Waals surface area contributed by atoms with Gasteiger partial charge in [0.2, 0.25) is 0 Å². The summed E-state index contributed by atoms with van der Waals surface area (Å²) in [6.07, 6.45) is 0. The first kappa shape index (κ1) is 16.9. The number of carbonyl (C=O) groups excluding carboxylic acids is 2. The molecule has 0 fully saturated rings. The maximum absolute atomic E-state index is 12.4. The highest BCUT2D eigenvalue weighted by Crippen LogP contribution is 2.19. The van der Waals surface area contributed by atoms with Crippen LogP contribution in [0.15, 0.2) is 60.0 Å². The number of hydrogen-bond donors (Lipinski definition) is 2. The normalized spacial score (nSPS) is 10.3. The van der Waals surface area contributed by atoms with Gasteiger partial charge in [0.15, 0.2) is 0 Å². The number of rotatable bonds is 4. The fourth-order valence-corrected chi connectivity index (χ4v) is 2.99. The fraction of sp³-hybridized carbons (Fsp3) is 0.100. The second-order valence-corrected chi connectivity index (χ2v) is 6.73. The van der Waals surface area contributed by atoms with E-state index in [-0.39, 0.29) is 11.8 Å². The maximum atomic E-state index is 12.4. The lowest BCUT2D eigenvalue weighted by molar-refractivity contribution is 0.102. The summed E-state index contributed by atoms with van der Waals surface area (Å²) in [5.74, 6) is -0.326. The summed E-state index contributed by atoms with van der Waals surface area (Å²) >= 11 is 1.39. The van der Waals surface area contributed by atoms with Gasteiger partial charge in [-0.1, -0.05) is 18.2 Å². The van der Waals surface area contributed by atoms with Crippen LogP contribution in [0.1, 0.15) is 31.2 Å². The third kappa shape index (κ3) is 4.14. The Hall–Kier alpha value is -2.92. The summed E-state index contributed by atoms with van der Waals surface area (Å²) in [5.41, 5.74) is 4.10. The first-order valence-corrected chi connectivity index (χ1v) is 8.74. The van der Waals surface area contributed by atoms with E-state index in [0.717, 1.165) is 16.8 Å². The van der Waals surface area contributed by atoms with Crippen molar-refractivity contribution in [2.75, 3.05) is 10.6 Å². The number of benzene rings is 2. The summed E-state index contributed by atoms with van der Waals surface area (Å²) in [5, 5.41) is 7.60. The molecule has 4 nitrogen and oxygen atoms in total. The van der Waals surface area contributed by atoms with Gasteiger partial charge in [0.25, 0.3) is 11.8 Å². The van der Waals surface area contributed by atoms with Crippen molar-refractivity contribution in [1.82, 2.24) is 0 Å². The first-order chi connectivity index (χ1) is 12.0. The Labute approximate surface area is 150 Å². The highest BCUT2D eigenvalue weighted by molar-refractivity contribution is 7.12. The molecule has 5 heteroatoms. The molecule has 0 unspecified atom stereocenters. The van der Waals surface area contributed by atoms with Gasteiger partial charge in [0.1, 0.15) is 0 Å². The summed E-state index contributed by atoms with van der Waals surface area (Å²) < 4.78 is 0. The van der Waals surface area contributed by atoms with Crippen LogP contribution in [0.2, 0.25) is 0 Å². The molecule has 2 N–H and O–H groups in total. The quantitative estimate of drug-likeness (QED) is 0.705. The Bertz CT molecular complexity index is 900. The zero-order chi connectivity index (χ0) is 17.8. The molecule has 0 spiro atoms. The molecule has 3 rings (SSSR count). The van der Waals surface area contributed by atoms with E-state index in [4.69, 9.17) is 0 Å². The number of nitrogens with one attached hydrogen (secondary N) is 2. The molecule has 0 aliphatic rings. The van der Waals surface area contributed by atoms with Crippen LogP contribution in [-0.2, 0) is 0 Å². The molecule has 25 heavy (non-hydrogen) atoms. The minimum absolute atomic E-state index is 0.150. The Kier molecular flexibility index (Phi) is 4.95. The lowest BCUT2D eigenvalue weighted by Crippen LogP contribution is -2.13. The minimum atomic E-state index is -0.176. The third-order valence-electron chi connectivity index (χ3n) is 3.79. The van der Waals surface area contributed by atoms with E-state index in [2.05, 4.69) is 10.6 Å². The highest BCUT2D eigenvalue weighted by atomic mass is 32.1. The number of aryl methyl sites for hydroxylation is 2. The van der Waals surface area contributed by atoms with E-state index in [0.29, 0.717) is 16.1 Å². The predicted molar refractivity (Wildman–Crippen MR) is 103 cm³/mol. The van der Waals surface area contributed by atoms with Gasteiger partial charge in [-0.25, -0.2) is 0 Å². The van der Waals surface area contributed by atoms with E-state index < -0.39 is 0 Å². The van der Waals surface area contributed by atoms with Crippen molar-refractivity contribution in [2.45, 2.75) is 13.8 Å². The third-order valence-corrected chi connectivity index (χ3v) is 4.66. The lowest BCUT2D eigenvalue weighted by atomic mass is 10.1. The van der Waals surface area contributed by atoms with Crippen molar-refractivity contribution in [3.05, 3.63) is 81.5 Å². The number of anilines is 2. The molecule has 0 aliphatic heterocycles. The van der Waals surface area contributed by atoms with Gasteiger partial charge in [0.05, 0.1) is 4.88 Å². The van der Waals surface area contributed by atoms with Gasteiger partial charge in [-0.05, 0) is 66.8 Å². The molecule has 126 valence electrons. The minimum Gasteiger partial charge on any atom is -0.322 e. The van der Waals surface area contributed by atoms with Gasteiger partial charge in [-0.3, -0.25) is 9.59 Å². The summed E-state index contributed by atoms with van der Waals surface area (Å²) in [4.78, 5) is 25.1. The zero-order valence-corrected chi connectivity index (χ0v) is 14.8. The standard InChI is InChI=1S/C20H18N2O2S/c1-13-5-6-14(2)17(12-13)22-19(23)15-7-9-16(10-8-15)21-20(24)18-4-3-11-25-18/h3-12H,1-2H3,(H,21,24)(H,22,23). The first-order valence-electron chi connectivity index (χ1n) is 7.86. The number of amides is 2. The maximum Gasteiger partial charge on any atom is 0.265 e. The molecule has 2 amide bonds. The number of hydrogen-bond acceptors (Lipinski definition) is 3. The van der Waals surface area contributed by atoms with Crippen LogP contribution in [-0.4, -0.2) is 11.8 Å². The van der Waals surface area contributed by atoms with Crippen LogP contribution >= 0.6 is 11.3 Å². The van der Waals surface area contributed by atoms with Crippen molar-refractivity contribution >= 4 is 34.5 Å². The average Bonchev–Trinajstić information content (AvgIpc) is 3.13. The average molecular weight is 350 g/mol. The van der Waals surface area contributed by atoms with Gasteiger partial charge < -0.3 is 10.6 Å². The Morgan fingerprint density at radius 2 is 1.64 bits per heavy atom. The van der Waals surface area contributed by atoms with Gasteiger partial charge in [0, 0.05) is 16.9 Å². The van der Waals surface area contributed by atoms with Gasteiger partial charge in [-0.2, -0.15) is 0 Å². The van der Waals surface area contributed by atoms with Crippen molar-refractivity contribution in [3.63, 3.8) is 0 Å². The van der Waals surface area contributed by atoms with E-state index in [9.17, 15) is 9.59 Å². The van der Waals surface area contributed by atoms with Crippen LogP contribution in [0.25, 0.3) is 0 Å². The van der Waals surface area contributed by atoms with Crippen molar-refractivity contribution < 1.29 is 9.59 Å². The Morgan fingerprint density at radius 1 is 0.880 bits per heavy atom. The molecule has 3 aromatic rings. The SMILES string of the molecule is Cc1ccc(C)c(NC(=O)c2ccc(NC(=O)c3cccs3)cc2)c1. The van der Waals surface area contributed by atoms with Crippen LogP contribution in [0, 0.1) is 13.8 Å². The van der Waals surface area contributed by atoms with E-state index in [1.807, 2.05) is 43.5 Å². The van der Waals surface area contributed by atoms with Crippen LogP contribution < -0.4 is 10.6 Å². The molecular formula is C20H18N2O2S. The molecule has 0 atom stereocenters. The molecule has 1 heterocycles. The lowest BCUT2D eigenvalue weighted by Gasteiger charge is -2.10. The van der Waals surface area contributed by atoms with Crippen LogP contribution in [0.4, 0.5) is 11.4 Å². The second kappa shape index (κ2) is 7.32. The smallest absolute Gasteiger partial charge is 0.265 e. The molecule has 0 saturated carbocycles. The van der Waals surface area contributed by atoms with E-state index in [1.165, 1.54) is 11.3 Å². The van der Waals surface area contributed by atoms with Crippen LogP contribution in [0.3, 0.4) is 0 Å². The molecule has 0 bridgehead atoms. The molecule has 2 aromatic carbocycles. The predicted octanol–water partition coefficient (Wildman–Crippen LogP) is 4.87. The second-order valence-electron chi connectivity index (χ2n) is 5.78. The van der Waals surface area contributed by atoms with E-state index in [1.54, 1.807) is 30.3 Å². The van der Waals surface area contributed by atoms with Crippen molar-refractivity contribution in [1.29, 1.82) is 0 Å². The molecule has 0 radical (unpaired) electrons. The highest BCUT2D eigenvalue weighted by Gasteiger charge is 2.10.